The number of nitrogens with zero attached hydrogens (tertiary/aromatic N) is 2. The summed E-state index contributed by atoms with van der Waals surface area (Å²) < 4.78 is 10.4. The zero-order valence-electron chi connectivity index (χ0n) is 12.2. The fourth-order valence-electron chi connectivity index (χ4n) is 1.66. The van der Waals surface area contributed by atoms with E-state index >= 15 is 0 Å². The number of carbonyl (C=O) groups excluding carboxylic acids is 1. The van der Waals surface area contributed by atoms with Crippen molar-refractivity contribution >= 4 is 23.3 Å². The molecule has 1 N–H and O–H groups in total. The van der Waals surface area contributed by atoms with Crippen LogP contribution in [0.4, 0.5) is 5.69 Å². The predicted octanol–water partition coefficient (Wildman–Crippen LogP) is 1.30. The minimum absolute atomic E-state index is 0.0193. The standard InChI is InChI=1S/C13H20ClN3O4/c1-20-7-5-3-4-6-15-10-8-16-17(9-11(18)21-2)13(19)12(10)14/h8,15H,3-7,9H2,1-2H3. The van der Waals surface area contributed by atoms with Gasteiger partial charge in [-0.2, -0.15) is 5.10 Å². The van der Waals surface area contributed by atoms with E-state index in [1.54, 1.807) is 7.11 Å². The Bertz CT molecular complexity index is 519. The van der Waals surface area contributed by atoms with Crippen molar-refractivity contribution in [3.8, 4) is 0 Å². The van der Waals surface area contributed by atoms with Crippen molar-refractivity contribution in [1.82, 2.24) is 9.78 Å². The Morgan fingerprint density at radius 2 is 2.14 bits per heavy atom. The normalized spacial score (nSPS) is 10.4. The lowest BCUT2D eigenvalue weighted by Crippen LogP contribution is -2.28. The highest BCUT2D eigenvalue weighted by Crippen LogP contribution is 2.15. The summed E-state index contributed by atoms with van der Waals surface area (Å²) in [7, 11) is 2.92. The van der Waals surface area contributed by atoms with Gasteiger partial charge in [-0.3, -0.25) is 9.59 Å². The van der Waals surface area contributed by atoms with E-state index in [-0.39, 0.29) is 11.6 Å². The van der Waals surface area contributed by atoms with Gasteiger partial charge < -0.3 is 14.8 Å². The summed E-state index contributed by atoms with van der Waals surface area (Å²) in [6.07, 6.45) is 4.38. The molecule has 1 aromatic heterocycles. The Hall–Kier alpha value is -1.60. The predicted molar refractivity (Wildman–Crippen MR) is 79.7 cm³/mol. The van der Waals surface area contributed by atoms with Gasteiger partial charge in [0.1, 0.15) is 11.6 Å². The van der Waals surface area contributed by atoms with Crippen LogP contribution in [0.15, 0.2) is 11.0 Å². The van der Waals surface area contributed by atoms with Gasteiger partial charge >= 0.3 is 5.97 Å². The average Bonchev–Trinajstić information content (AvgIpc) is 2.49. The molecule has 118 valence electrons. The third-order valence-corrected chi connectivity index (χ3v) is 3.20. The molecule has 7 nitrogen and oxygen atoms in total. The minimum atomic E-state index is -0.556. The molecule has 0 atom stereocenters. The summed E-state index contributed by atoms with van der Waals surface area (Å²) in [4.78, 5) is 23.1. The van der Waals surface area contributed by atoms with E-state index in [9.17, 15) is 9.59 Å². The first-order chi connectivity index (χ1) is 10.1. The number of hydrogen-bond acceptors (Lipinski definition) is 6. The highest BCUT2D eigenvalue weighted by molar-refractivity contribution is 6.32. The van der Waals surface area contributed by atoms with Crippen molar-refractivity contribution in [3.63, 3.8) is 0 Å². The van der Waals surface area contributed by atoms with Gasteiger partial charge in [-0.25, -0.2) is 4.68 Å². The number of halogens is 1. The van der Waals surface area contributed by atoms with Gasteiger partial charge in [-0.05, 0) is 19.3 Å². The fraction of sp³-hybridized carbons (Fsp3) is 0.615. The second-order valence-corrected chi connectivity index (χ2v) is 4.77. The monoisotopic (exact) mass is 317 g/mol. The first kappa shape index (κ1) is 17.5. The molecule has 0 aliphatic rings. The molecule has 0 saturated carbocycles. The number of esters is 1. The van der Waals surface area contributed by atoms with E-state index in [1.807, 2.05) is 0 Å². The number of methoxy groups -OCH3 is 2. The second-order valence-electron chi connectivity index (χ2n) is 4.39. The van der Waals surface area contributed by atoms with Crippen LogP contribution in [0.2, 0.25) is 5.02 Å². The molecule has 0 amide bonds. The summed E-state index contributed by atoms with van der Waals surface area (Å²) in [5.74, 6) is -0.556. The molecule has 1 heterocycles. The lowest BCUT2D eigenvalue weighted by molar-refractivity contribution is -0.141. The topological polar surface area (TPSA) is 82.4 Å². The Kier molecular flexibility index (Phi) is 7.78. The number of nitrogens with one attached hydrogen (secondary N) is 1. The molecule has 0 saturated heterocycles. The number of rotatable bonds is 9. The lowest BCUT2D eigenvalue weighted by Gasteiger charge is -2.09. The Labute approximate surface area is 128 Å². The number of unbranched alkanes of at least 4 members (excludes halogenated alkanes) is 2. The largest absolute Gasteiger partial charge is 0.468 e. The Balaban J connectivity index is 2.55. The zero-order valence-corrected chi connectivity index (χ0v) is 13.0. The number of carbonyl (C=O) groups is 1. The number of anilines is 1. The smallest absolute Gasteiger partial charge is 0.327 e. The van der Waals surface area contributed by atoms with Gasteiger partial charge in [0.2, 0.25) is 0 Å². The van der Waals surface area contributed by atoms with E-state index < -0.39 is 11.5 Å². The summed E-state index contributed by atoms with van der Waals surface area (Å²) in [5.41, 5.74) is -0.0547. The molecule has 1 aromatic rings. The highest BCUT2D eigenvalue weighted by atomic mass is 35.5. The molecule has 0 fully saturated rings. The van der Waals surface area contributed by atoms with Crippen LogP contribution in [0.5, 0.6) is 0 Å². The maximum absolute atomic E-state index is 11.9. The maximum atomic E-state index is 11.9. The zero-order chi connectivity index (χ0) is 15.7. The van der Waals surface area contributed by atoms with Gasteiger partial charge in [0, 0.05) is 20.3 Å². The molecular formula is C13H20ClN3O4. The summed E-state index contributed by atoms with van der Waals surface area (Å²) in [6.45, 7) is 1.17. The first-order valence-corrected chi connectivity index (χ1v) is 7.03. The van der Waals surface area contributed by atoms with Crippen molar-refractivity contribution < 1.29 is 14.3 Å². The van der Waals surface area contributed by atoms with Crippen LogP contribution in [0.3, 0.4) is 0 Å². The van der Waals surface area contributed by atoms with E-state index in [0.29, 0.717) is 12.2 Å². The number of ether oxygens (including phenoxy) is 2. The molecule has 0 aliphatic carbocycles. The van der Waals surface area contributed by atoms with Crippen molar-refractivity contribution in [3.05, 3.63) is 21.6 Å². The van der Waals surface area contributed by atoms with Gasteiger partial charge in [-0.15, -0.1) is 0 Å². The van der Waals surface area contributed by atoms with Gasteiger partial charge in [0.15, 0.2) is 0 Å². The molecular weight excluding hydrogens is 298 g/mol. The molecule has 0 bridgehead atoms. The number of aromatic nitrogens is 2. The summed E-state index contributed by atoms with van der Waals surface area (Å²) >= 11 is 5.98. The van der Waals surface area contributed by atoms with Crippen molar-refractivity contribution in [2.75, 3.05) is 32.7 Å². The van der Waals surface area contributed by atoms with E-state index in [4.69, 9.17) is 16.3 Å². The van der Waals surface area contributed by atoms with Crippen molar-refractivity contribution in [2.45, 2.75) is 25.8 Å². The number of hydrogen-bond donors (Lipinski definition) is 1. The fourth-order valence-corrected chi connectivity index (χ4v) is 1.87. The maximum Gasteiger partial charge on any atom is 0.327 e. The summed E-state index contributed by atoms with van der Waals surface area (Å²) in [5, 5.41) is 6.97. The van der Waals surface area contributed by atoms with Crippen LogP contribution in [-0.2, 0) is 20.8 Å². The van der Waals surface area contributed by atoms with Crippen LogP contribution >= 0.6 is 11.6 Å². The third kappa shape index (κ3) is 5.73. The van der Waals surface area contributed by atoms with Crippen LogP contribution < -0.4 is 10.9 Å². The van der Waals surface area contributed by atoms with Crippen LogP contribution in [-0.4, -0.2) is 43.1 Å². The van der Waals surface area contributed by atoms with Crippen molar-refractivity contribution in [1.29, 1.82) is 0 Å². The molecule has 0 unspecified atom stereocenters. The van der Waals surface area contributed by atoms with E-state index in [0.717, 1.165) is 30.6 Å². The quantitative estimate of drug-likeness (QED) is 0.546. The average molecular weight is 318 g/mol. The second kappa shape index (κ2) is 9.36. The van der Waals surface area contributed by atoms with Crippen molar-refractivity contribution in [2.24, 2.45) is 0 Å². The van der Waals surface area contributed by atoms with Gasteiger partial charge in [0.05, 0.1) is 19.0 Å². The minimum Gasteiger partial charge on any atom is -0.468 e. The van der Waals surface area contributed by atoms with E-state index in [1.165, 1.54) is 13.3 Å². The molecule has 21 heavy (non-hydrogen) atoms. The van der Waals surface area contributed by atoms with E-state index in [2.05, 4.69) is 15.2 Å². The van der Waals surface area contributed by atoms with Gasteiger partial charge in [0.25, 0.3) is 5.56 Å². The first-order valence-electron chi connectivity index (χ1n) is 6.65. The molecule has 0 spiro atoms. The Morgan fingerprint density at radius 1 is 1.38 bits per heavy atom. The highest BCUT2D eigenvalue weighted by Gasteiger charge is 2.11. The molecule has 1 rings (SSSR count). The molecule has 0 aromatic carbocycles. The van der Waals surface area contributed by atoms with Crippen LogP contribution in [0.25, 0.3) is 0 Å². The van der Waals surface area contributed by atoms with Crippen LogP contribution in [0, 0.1) is 0 Å². The molecule has 8 heteroatoms. The van der Waals surface area contributed by atoms with Gasteiger partial charge in [-0.1, -0.05) is 11.6 Å². The van der Waals surface area contributed by atoms with Crippen LogP contribution in [0.1, 0.15) is 19.3 Å². The third-order valence-electron chi connectivity index (χ3n) is 2.83. The molecule has 0 radical (unpaired) electrons. The SMILES string of the molecule is COCCCCCNc1cnn(CC(=O)OC)c(=O)c1Cl. The molecule has 0 aliphatic heterocycles. The lowest BCUT2D eigenvalue weighted by atomic mass is 10.2. The Morgan fingerprint density at radius 3 is 2.81 bits per heavy atom. The summed E-state index contributed by atoms with van der Waals surface area (Å²) in [6, 6.07) is 0.